The van der Waals surface area contributed by atoms with Crippen LogP contribution in [0, 0.1) is 0 Å². The molecule has 1 fully saturated rings. The number of carbonyl (C=O) groups excluding carboxylic acids is 1. The Kier molecular flexibility index (Phi) is 2.98. The summed E-state index contributed by atoms with van der Waals surface area (Å²) in [5, 5.41) is 0. The molecule has 0 aliphatic carbocycles. The summed E-state index contributed by atoms with van der Waals surface area (Å²) >= 11 is 0. The largest absolute Gasteiger partial charge is 0.472 e. The van der Waals surface area contributed by atoms with E-state index >= 15 is 0 Å². The van der Waals surface area contributed by atoms with Crippen molar-refractivity contribution >= 4 is 5.97 Å². The molecule has 0 radical (unpaired) electrons. The van der Waals surface area contributed by atoms with Crippen LogP contribution in [0.15, 0.2) is 23.0 Å². The van der Waals surface area contributed by atoms with Gasteiger partial charge in [0.05, 0.1) is 18.4 Å². The van der Waals surface area contributed by atoms with Gasteiger partial charge in [0.25, 0.3) is 0 Å². The zero-order chi connectivity index (χ0) is 11.6. The molecule has 88 valence electrons. The Balaban J connectivity index is 1.79. The van der Waals surface area contributed by atoms with Crippen LogP contribution in [0.1, 0.15) is 24.2 Å². The van der Waals surface area contributed by atoms with Crippen molar-refractivity contribution in [2.24, 2.45) is 0 Å². The van der Waals surface area contributed by atoms with Gasteiger partial charge in [-0.05, 0) is 19.9 Å². The highest BCUT2D eigenvalue weighted by molar-refractivity contribution is 5.88. The molecule has 0 amide bonds. The number of furan rings is 1. The molecule has 1 saturated heterocycles. The second kappa shape index (κ2) is 4.27. The van der Waals surface area contributed by atoms with Crippen molar-refractivity contribution in [3.8, 4) is 0 Å². The summed E-state index contributed by atoms with van der Waals surface area (Å²) in [6, 6.07) is 1.55. The summed E-state index contributed by atoms with van der Waals surface area (Å²) in [6.45, 7) is 4.27. The van der Waals surface area contributed by atoms with Crippen molar-refractivity contribution in [1.82, 2.24) is 0 Å². The molecule has 2 rings (SSSR count). The molecule has 0 saturated carbocycles. The molecule has 1 atom stereocenters. The van der Waals surface area contributed by atoms with Gasteiger partial charge in [-0.2, -0.15) is 0 Å². The predicted molar refractivity (Wildman–Crippen MR) is 53.9 cm³/mol. The number of hydrogen-bond acceptors (Lipinski definition) is 5. The maximum atomic E-state index is 11.4. The van der Waals surface area contributed by atoms with Crippen LogP contribution < -0.4 is 0 Å². The minimum absolute atomic E-state index is 0.188. The predicted octanol–water partition coefficient (Wildman–Crippen LogP) is 1.59. The molecular formula is C11H14O5. The third-order valence-corrected chi connectivity index (χ3v) is 2.22. The molecule has 16 heavy (non-hydrogen) atoms. The molecule has 0 unspecified atom stereocenters. The maximum Gasteiger partial charge on any atom is 0.341 e. The molecule has 0 spiro atoms. The Labute approximate surface area is 93.3 Å². The lowest BCUT2D eigenvalue weighted by molar-refractivity contribution is -0.142. The van der Waals surface area contributed by atoms with Crippen LogP contribution in [0.3, 0.4) is 0 Å². The maximum absolute atomic E-state index is 11.4. The van der Waals surface area contributed by atoms with Gasteiger partial charge < -0.3 is 18.6 Å². The van der Waals surface area contributed by atoms with E-state index < -0.39 is 11.8 Å². The molecule has 1 aliphatic heterocycles. The van der Waals surface area contributed by atoms with Crippen molar-refractivity contribution in [3.63, 3.8) is 0 Å². The van der Waals surface area contributed by atoms with Crippen molar-refractivity contribution in [2.75, 3.05) is 13.2 Å². The zero-order valence-electron chi connectivity index (χ0n) is 9.26. The lowest BCUT2D eigenvalue weighted by Crippen LogP contribution is -2.25. The van der Waals surface area contributed by atoms with Gasteiger partial charge in [-0.3, -0.25) is 0 Å². The van der Waals surface area contributed by atoms with Crippen LogP contribution in [0.25, 0.3) is 0 Å². The van der Waals surface area contributed by atoms with Crippen molar-refractivity contribution in [1.29, 1.82) is 0 Å². The first-order valence-electron chi connectivity index (χ1n) is 5.08. The van der Waals surface area contributed by atoms with Crippen molar-refractivity contribution in [3.05, 3.63) is 24.2 Å². The molecule has 0 N–H and O–H groups in total. The Hall–Kier alpha value is -1.33. The first kappa shape index (κ1) is 11.2. The fourth-order valence-electron chi connectivity index (χ4n) is 1.48. The number of hydrogen-bond donors (Lipinski definition) is 0. The minimum atomic E-state index is -0.591. The lowest BCUT2D eigenvalue weighted by Gasteiger charge is -2.16. The van der Waals surface area contributed by atoms with Crippen LogP contribution in [0.5, 0.6) is 0 Å². The van der Waals surface area contributed by atoms with Crippen LogP contribution in [-0.4, -0.2) is 31.1 Å². The summed E-state index contributed by atoms with van der Waals surface area (Å²) in [4.78, 5) is 11.4. The van der Waals surface area contributed by atoms with Gasteiger partial charge in [-0.15, -0.1) is 0 Å². The molecule has 1 aromatic heterocycles. The number of carbonyl (C=O) groups is 1. The van der Waals surface area contributed by atoms with Gasteiger partial charge in [0.15, 0.2) is 5.79 Å². The molecule has 1 aromatic rings. The Morgan fingerprint density at radius 1 is 1.62 bits per heavy atom. The second-order valence-corrected chi connectivity index (χ2v) is 4.06. The number of esters is 1. The van der Waals surface area contributed by atoms with E-state index in [0.29, 0.717) is 12.2 Å². The monoisotopic (exact) mass is 226 g/mol. The van der Waals surface area contributed by atoms with Crippen LogP contribution >= 0.6 is 0 Å². The average Bonchev–Trinajstić information content (AvgIpc) is 2.83. The fraction of sp³-hybridized carbons (Fsp3) is 0.545. The molecule has 0 bridgehead atoms. The summed E-state index contributed by atoms with van der Waals surface area (Å²) in [5.74, 6) is -1.01. The average molecular weight is 226 g/mol. The van der Waals surface area contributed by atoms with Crippen LogP contribution in [0.4, 0.5) is 0 Å². The molecule has 5 heteroatoms. The smallest absolute Gasteiger partial charge is 0.341 e. The van der Waals surface area contributed by atoms with Gasteiger partial charge in [-0.25, -0.2) is 4.79 Å². The van der Waals surface area contributed by atoms with E-state index in [-0.39, 0.29) is 12.7 Å². The third-order valence-electron chi connectivity index (χ3n) is 2.22. The highest BCUT2D eigenvalue weighted by atomic mass is 16.7. The highest BCUT2D eigenvalue weighted by Crippen LogP contribution is 2.22. The summed E-state index contributed by atoms with van der Waals surface area (Å²) in [5.41, 5.74) is 0.401. The van der Waals surface area contributed by atoms with Gasteiger partial charge >= 0.3 is 5.97 Å². The quantitative estimate of drug-likeness (QED) is 0.732. The molecule has 2 heterocycles. The zero-order valence-corrected chi connectivity index (χ0v) is 9.26. The molecular weight excluding hydrogens is 212 g/mol. The van der Waals surface area contributed by atoms with E-state index in [1.54, 1.807) is 6.07 Å². The van der Waals surface area contributed by atoms with E-state index in [0.717, 1.165) is 0 Å². The second-order valence-electron chi connectivity index (χ2n) is 4.06. The topological polar surface area (TPSA) is 57.9 Å². The summed E-state index contributed by atoms with van der Waals surface area (Å²) in [7, 11) is 0. The Bertz CT molecular complexity index is 354. The minimum Gasteiger partial charge on any atom is -0.472 e. The molecule has 1 aliphatic rings. The van der Waals surface area contributed by atoms with Gasteiger partial charge in [0.1, 0.15) is 19.0 Å². The van der Waals surface area contributed by atoms with Gasteiger partial charge in [0, 0.05) is 0 Å². The van der Waals surface area contributed by atoms with E-state index in [4.69, 9.17) is 18.6 Å². The Morgan fingerprint density at radius 3 is 3.00 bits per heavy atom. The molecule has 0 aromatic carbocycles. The van der Waals surface area contributed by atoms with Gasteiger partial charge in [-0.1, -0.05) is 0 Å². The van der Waals surface area contributed by atoms with E-state index in [1.807, 2.05) is 13.8 Å². The normalized spacial score (nSPS) is 23.2. The Morgan fingerprint density at radius 2 is 2.44 bits per heavy atom. The summed E-state index contributed by atoms with van der Waals surface area (Å²) in [6.07, 6.45) is 2.57. The van der Waals surface area contributed by atoms with E-state index in [2.05, 4.69) is 0 Å². The van der Waals surface area contributed by atoms with Crippen LogP contribution in [0.2, 0.25) is 0 Å². The van der Waals surface area contributed by atoms with Crippen LogP contribution in [-0.2, 0) is 14.2 Å². The molecule has 5 nitrogen and oxygen atoms in total. The lowest BCUT2D eigenvalue weighted by atomic mass is 10.3. The first-order valence-corrected chi connectivity index (χ1v) is 5.08. The number of ether oxygens (including phenoxy) is 3. The number of rotatable bonds is 3. The third kappa shape index (κ3) is 2.62. The van der Waals surface area contributed by atoms with Crippen molar-refractivity contribution in [2.45, 2.75) is 25.7 Å². The van der Waals surface area contributed by atoms with Crippen molar-refractivity contribution < 1.29 is 23.4 Å². The SMILES string of the molecule is CC1(C)OC[C@H](COC(=O)c2ccoc2)O1. The summed E-state index contributed by atoms with van der Waals surface area (Å²) < 4.78 is 20.7. The van der Waals surface area contributed by atoms with E-state index in [1.165, 1.54) is 12.5 Å². The highest BCUT2D eigenvalue weighted by Gasteiger charge is 2.33. The van der Waals surface area contributed by atoms with E-state index in [9.17, 15) is 4.79 Å². The van der Waals surface area contributed by atoms with Gasteiger partial charge in [0.2, 0.25) is 0 Å². The fourth-order valence-corrected chi connectivity index (χ4v) is 1.48. The first-order chi connectivity index (χ1) is 7.57. The standard InChI is InChI=1S/C11H14O5/c1-11(2)15-7-9(16-11)6-14-10(12)8-3-4-13-5-8/h3-5,9H,6-7H2,1-2H3/t9-/m0/s1.